The second kappa shape index (κ2) is 21.4. The van der Waals surface area contributed by atoms with Crippen LogP contribution in [0.4, 0.5) is 0 Å². The first kappa shape index (κ1) is 35.7. The van der Waals surface area contributed by atoms with E-state index in [-0.39, 0.29) is 6.42 Å². The van der Waals surface area contributed by atoms with Crippen molar-refractivity contribution in [1.29, 1.82) is 0 Å². The highest BCUT2D eigenvalue weighted by Gasteiger charge is 2.50. The van der Waals surface area contributed by atoms with E-state index >= 15 is 0 Å². The molecule has 1 heterocycles. The Morgan fingerprint density at radius 2 is 1.33 bits per heavy atom. The first-order valence-electron chi connectivity index (χ1n) is 14.6. The molecule has 1 aliphatic heterocycles. The Bertz CT molecular complexity index is 647. The van der Waals surface area contributed by atoms with Crippen molar-refractivity contribution in [2.75, 3.05) is 19.8 Å². The molecule has 5 N–H and O–H groups in total. The van der Waals surface area contributed by atoms with Crippen LogP contribution in [0, 0.1) is 0 Å². The van der Waals surface area contributed by atoms with Crippen LogP contribution in [0.1, 0.15) is 104 Å². The van der Waals surface area contributed by atoms with E-state index in [9.17, 15) is 30.0 Å². The van der Waals surface area contributed by atoms with Gasteiger partial charge in [-0.05, 0) is 6.42 Å². The number of hydrogen-bond acceptors (Lipinski definition) is 11. The number of rotatable bonds is 22. The van der Waals surface area contributed by atoms with Gasteiger partial charge >= 0.3 is 11.9 Å². The van der Waals surface area contributed by atoms with Crippen LogP contribution in [0.25, 0.3) is 0 Å². The summed E-state index contributed by atoms with van der Waals surface area (Å²) >= 11 is 0. The summed E-state index contributed by atoms with van der Waals surface area (Å²) in [6, 6.07) is 0. The highest BCUT2D eigenvalue weighted by molar-refractivity contribution is 5.70. The number of unbranched alkanes of at least 4 members (excludes halogenated alkanes) is 12. The zero-order valence-corrected chi connectivity index (χ0v) is 23.7. The van der Waals surface area contributed by atoms with Crippen LogP contribution in [-0.4, -0.2) is 100 Å². The largest absolute Gasteiger partial charge is 0.455 e. The van der Waals surface area contributed by atoms with Crippen LogP contribution >= 0.6 is 0 Å². The number of hydrogen-bond donors (Lipinski definition) is 5. The van der Waals surface area contributed by atoms with Crippen molar-refractivity contribution in [3.05, 3.63) is 0 Å². The number of ether oxygens (including phenoxy) is 4. The lowest BCUT2D eigenvalue weighted by molar-refractivity contribution is -0.310. The lowest BCUT2D eigenvalue weighted by Gasteiger charge is -2.42. The summed E-state index contributed by atoms with van der Waals surface area (Å²) < 4.78 is 21.6. The maximum absolute atomic E-state index is 12.6. The van der Waals surface area contributed by atoms with E-state index in [0.29, 0.717) is 6.42 Å². The molecule has 0 aromatic carbocycles. The van der Waals surface area contributed by atoms with E-state index in [4.69, 9.17) is 24.1 Å². The van der Waals surface area contributed by atoms with Gasteiger partial charge in [0, 0.05) is 13.3 Å². The summed E-state index contributed by atoms with van der Waals surface area (Å²) in [5.74, 6) is -1.34. The fourth-order valence-corrected chi connectivity index (χ4v) is 4.55. The van der Waals surface area contributed by atoms with Crippen molar-refractivity contribution >= 4 is 11.9 Å². The highest BCUT2D eigenvalue weighted by atomic mass is 16.7. The van der Waals surface area contributed by atoms with E-state index in [0.717, 1.165) is 26.2 Å². The summed E-state index contributed by atoms with van der Waals surface area (Å²) in [5.41, 5.74) is 0. The summed E-state index contributed by atoms with van der Waals surface area (Å²) in [6.45, 7) is 1.49. The standard InChI is InChI=1S/C28H52O11/c1-3-4-5-6-7-8-9-10-11-12-13-14-15-16-24(34)39-26-25(35)23(18-30)38-28(27(26)37-20(2)31)36-19-22(33)21(32)17-29/h21-23,25-30,32-33,35H,3-19H2,1-2H3/t21-,22+,23-,25-,26+,27+,28-/m1/s1. The molecule has 39 heavy (non-hydrogen) atoms. The molecule has 1 rings (SSSR count). The number of aliphatic hydroxyl groups is 5. The summed E-state index contributed by atoms with van der Waals surface area (Å²) in [4.78, 5) is 24.3. The predicted octanol–water partition coefficient (Wildman–Crippen LogP) is 2.12. The number of esters is 2. The van der Waals surface area contributed by atoms with Gasteiger partial charge in [-0.1, -0.05) is 84.0 Å². The fourth-order valence-electron chi connectivity index (χ4n) is 4.55. The minimum absolute atomic E-state index is 0.116. The second-order valence-corrected chi connectivity index (χ2v) is 10.4. The van der Waals surface area contributed by atoms with E-state index in [1.54, 1.807) is 0 Å². The molecule has 0 saturated carbocycles. The molecule has 7 atom stereocenters. The van der Waals surface area contributed by atoms with Crippen molar-refractivity contribution in [1.82, 2.24) is 0 Å². The van der Waals surface area contributed by atoms with Crippen LogP contribution in [0.3, 0.4) is 0 Å². The number of carbonyl (C=O) groups is 2. The molecule has 11 heteroatoms. The third-order valence-electron chi connectivity index (χ3n) is 6.91. The van der Waals surface area contributed by atoms with Crippen molar-refractivity contribution in [3.63, 3.8) is 0 Å². The molecular weight excluding hydrogens is 512 g/mol. The average Bonchev–Trinajstić information content (AvgIpc) is 2.91. The normalized spacial score (nSPS) is 24.7. The quantitative estimate of drug-likeness (QED) is 0.0963. The van der Waals surface area contributed by atoms with Gasteiger partial charge in [0.2, 0.25) is 0 Å². The van der Waals surface area contributed by atoms with Crippen molar-refractivity contribution < 1.29 is 54.1 Å². The van der Waals surface area contributed by atoms with Gasteiger partial charge in [-0.2, -0.15) is 0 Å². The Morgan fingerprint density at radius 1 is 0.795 bits per heavy atom. The Morgan fingerprint density at radius 3 is 1.82 bits per heavy atom. The monoisotopic (exact) mass is 564 g/mol. The number of carbonyl (C=O) groups excluding carboxylic acids is 2. The lowest BCUT2D eigenvalue weighted by atomic mass is 9.98. The topological polar surface area (TPSA) is 172 Å². The predicted molar refractivity (Wildman–Crippen MR) is 143 cm³/mol. The van der Waals surface area contributed by atoms with Gasteiger partial charge in [0.15, 0.2) is 18.5 Å². The van der Waals surface area contributed by atoms with Crippen molar-refractivity contribution in [2.24, 2.45) is 0 Å². The molecule has 0 bridgehead atoms. The van der Waals surface area contributed by atoms with Crippen LogP contribution in [-0.2, 0) is 28.5 Å². The Balaban J connectivity index is 2.47. The SMILES string of the molecule is CCCCCCCCCCCCCCCC(=O)O[C@H]1[C@H](O)[C@@H](CO)O[C@@H](OC[C@H](O)[C@H](O)CO)[C@H]1OC(C)=O. The minimum atomic E-state index is -1.50. The van der Waals surface area contributed by atoms with E-state index in [2.05, 4.69) is 6.92 Å². The summed E-state index contributed by atoms with van der Waals surface area (Å²) in [6.07, 6.45) is 5.50. The molecule has 1 aliphatic rings. The van der Waals surface area contributed by atoms with Gasteiger partial charge in [-0.25, -0.2) is 0 Å². The van der Waals surface area contributed by atoms with Gasteiger partial charge in [0.25, 0.3) is 0 Å². The molecular formula is C28H52O11. The molecule has 0 aromatic rings. The third-order valence-corrected chi connectivity index (χ3v) is 6.91. The van der Waals surface area contributed by atoms with E-state index in [1.165, 1.54) is 57.8 Å². The molecule has 0 spiro atoms. The molecule has 0 aromatic heterocycles. The molecule has 0 radical (unpaired) electrons. The molecule has 11 nitrogen and oxygen atoms in total. The average molecular weight is 565 g/mol. The maximum atomic E-state index is 12.6. The summed E-state index contributed by atoms with van der Waals surface area (Å²) in [5, 5.41) is 48.6. The molecule has 1 saturated heterocycles. The minimum Gasteiger partial charge on any atom is -0.455 e. The fraction of sp³-hybridized carbons (Fsp3) is 0.929. The zero-order valence-electron chi connectivity index (χ0n) is 23.7. The van der Waals surface area contributed by atoms with Crippen molar-refractivity contribution in [3.8, 4) is 0 Å². The van der Waals surface area contributed by atoms with Gasteiger partial charge in [-0.3, -0.25) is 9.59 Å². The molecule has 0 aliphatic carbocycles. The van der Waals surface area contributed by atoms with Crippen molar-refractivity contribution in [2.45, 2.75) is 147 Å². The molecule has 0 unspecified atom stereocenters. The smallest absolute Gasteiger partial charge is 0.306 e. The lowest BCUT2D eigenvalue weighted by Crippen LogP contribution is -2.62. The molecule has 1 fully saturated rings. The first-order valence-corrected chi connectivity index (χ1v) is 14.6. The number of aliphatic hydroxyl groups excluding tert-OH is 5. The van der Waals surface area contributed by atoms with Crippen LogP contribution in [0.5, 0.6) is 0 Å². The van der Waals surface area contributed by atoms with E-state index in [1.807, 2.05) is 0 Å². The Kier molecular flexibility index (Phi) is 19.6. The third kappa shape index (κ3) is 14.7. The second-order valence-electron chi connectivity index (χ2n) is 10.4. The Labute approximate surface area is 232 Å². The van der Waals surface area contributed by atoms with Crippen LogP contribution in [0.15, 0.2) is 0 Å². The zero-order chi connectivity index (χ0) is 29.0. The Hall–Kier alpha value is -1.34. The van der Waals surface area contributed by atoms with Gasteiger partial charge in [0.05, 0.1) is 19.8 Å². The van der Waals surface area contributed by atoms with Crippen LogP contribution in [0.2, 0.25) is 0 Å². The van der Waals surface area contributed by atoms with Gasteiger partial charge in [0.1, 0.15) is 24.4 Å². The van der Waals surface area contributed by atoms with Gasteiger partial charge in [-0.15, -0.1) is 0 Å². The maximum Gasteiger partial charge on any atom is 0.306 e. The van der Waals surface area contributed by atoms with E-state index < -0.39 is 74.7 Å². The van der Waals surface area contributed by atoms with Crippen LogP contribution < -0.4 is 0 Å². The first-order chi connectivity index (χ1) is 18.7. The molecule has 0 amide bonds. The summed E-state index contributed by atoms with van der Waals surface area (Å²) in [7, 11) is 0. The van der Waals surface area contributed by atoms with Gasteiger partial charge < -0.3 is 44.5 Å². The highest BCUT2D eigenvalue weighted by Crippen LogP contribution is 2.28. The molecule has 230 valence electrons.